The van der Waals surface area contributed by atoms with E-state index in [1.54, 1.807) is 0 Å². The van der Waals surface area contributed by atoms with Gasteiger partial charge in [-0.1, -0.05) is 60.7 Å². The van der Waals surface area contributed by atoms with Crippen molar-refractivity contribution in [1.29, 1.82) is 0 Å². The number of rotatable bonds is 5. The lowest BCUT2D eigenvalue weighted by atomic mass is 9.98. The highest BCUT2D eigenvalue weighted by molar-refractivity contribution is 6.03. The number of carboxylic acids is 1. The number of hydrogen-bond donors (Lipinski definition) is 0. The predicted molar refractivity (Wildman–Crippen MR) is 87.9 cm³/mol. The zero-order chi connectivity index (χ0) is 16.9. The number of carbonyl (C=O) groups excluding carboxylic acids is 2. The van der Waals surface area contributed by atoms with E-state index in [1.807, 2.05) is 60.7 Å². The molecule has 1 aliphatic rings. The second kappa shape index (κ2) is 7.08. The molecule has 1 atom stereocenters. The summed E-state index contributed by atoms with van der Waals surface area (Å²) in [5.74, 6) is -1.54. The lowest BCUT2D eigenvalue weighted by Crippen LogP contribution is -2.29. The molecule has 1 aliphatic heterocycles. The number of hydrogen-bond acceptors (Lipinski definition) is 4. The van der Waals surface area contributed by atoms with E-state index in [1.165, 1.54) is 5.01 Å². The molecule has 1 amide bonds. The molecule has 1 heterocycles. The average Bonchev–Trinajstić information content (AvgIpc) is 3.06. The SMILES string of the molecule is O=C([O-])CCC(=O)N1N=C(c2ccccc2)C[C@H]1c1ccccc1. The Bertz CT molecular complexity index is 757. The molecule has 0 saturated heterocycles. The van der Waals surface area contributed by atoms with Crippen LogP contribution in [0.3, 0.4) is 0 Å². The van der Waals surface area contributed by atoms with Crippen LogP contribution in [0.4, 0.5) is 0 Å². The second-order valence-corrected chi connectivity index (χ2v) is 5.65. The standard InChI is InChI=1S/C19H18N2O3/c22-18(11-12-19(23)24)21-17(15-9-5-2-6-10-15)13-16(20-21)14-7-3-1-4-8-14/h1-10,17H,11-13H2,(H,23,24)/p-1/t17-/m0/s1. The maximum absolute atomic E-state index is 12.4. The summed E-state index contributed by atoms with van der Waals surface area (Å²) in [5.41, 5.74) is 2.77. The molecule has 24 heavy (non-hydrogen) atoms. The van der Waals surface area contributed by atoms with E-state index in [0.717, 1.165) is 16.8 Å². The van der Waals surface area contributed by atoms with Crippen molar-refractivity contribution in [2.45, 2.75) is 25.3 Å². The Labute approximate surface area is 140 Å². The van der Waals surface area contributed by atoms with Crippen LogP contribution < -0.4 is 5.11 Å². The van der Waals surface area contributed by atoms with Gasteiger partial charge in [0.2, 0.25) is 5.91 Å². The zero-order valence-electron chi connectivity index (χ0n) is 13.1. The molecule has 3 rings (SSSR count). The fourth-order valence-electron chi connectivity index (χ4n) is 2.80. The van der Waals surface area contributed by atoms with E-state index in [0.29, 0.717) is 6.42 Å². The number of carboxylic acid groups (broad SMARTS) is 1. The summed E-state index contributed by atoms with van der Waals surface area (Å²) in [6.45, 7) is 0. The molecule has 2 aromatic rings. The summed E-state index contributed by atoms with van der Waals surface area (Å²) in [6, 6.07) is 19.1. The third kappa shape index (κ3) is 3.51. The van der Waals surface area contributed by atoms with Crippen LogP contribution in [-0.4, -0.2) is 22.6 Å². The molecule has 0 radical (unpaired) electrons. The molecule has 0 unspecified atom stereocenters. The van der Waals surface area contributed by atoms with Gasteiger partial charge in [-0.25, -0.2) is 5.01 Å². The van der Waals surface area contributed by atoms with Crippen molar-refractivity contribution in [3.05, 3.63) is 71.8 Å². The Kier molecular flexibility index (Phi) is 4.70. The Morgan fingerprint density at radius 2 is 1.62 bits per heavy atom. The summed E-state index contributed by atoms with van der Waals surface area (Å²) in [7, 11) is 0. The summed E-state index contributed by atoms with van der Waals surface area (Å²) in [6.07, 6.45) is 0.190. The number of aliphatic carboxylic acids is 1. The lowest BCUT2D eigenvalue weighted by molar-refractivity contribution is -0.305. The van der Waals surface area contributed by atoms with Crippen LogP contribution in [0, 0.1) is 0 Å². The molecule has 0 saturated carbocycles. The van der Waals surface area contributed by atoms with E-state index >= 15 is 0 Å². The van der Waals surface area contributed by atoms with E-state index in [4.69, 9.17) is 0 Å². The minimum absolute atomic E-state index is 0.114. The maximum atomic E-state index is 12.4. The van der Waals surface area contributed by atoms with Crippen molar-refractivity contribution < 1.29 is 14.7 Å². The van der Waals surface area contributed by atoms with Gasteiger partial charge in [-0.15, -0.1) is 0 Å². The second-order valence-electron chi connectivity index (χ2n) is 5.65. The summed E-state index contributed by atoms with van der Waals surface area (Å²) < 4.78 is 0. The van der Waals surface area contributed by atoms with Gasteiger partial charge in [-0.3, -0.25) is 4.79 Å². The van der Waals surface area contributed by atoms with Crippen molar-refractivity contribution >= 4 is 17.6 Å². The molecule has 0 aromatic heterocycles. The first-order chi connectivity index (χ1) is 11.6. The molecule has 0 aliphatic carbocycles. The van der Waals surface area contributed by atoms with E-state index < -0.39 is 5.97 Å². The Morgan fingerprint density at radius 1 is 1.00 bits per heavy atom. The highest BCUT2D eigenvalue weighted by Gasteiger charge is 2.32. The Hall–Kier alpha value is -2.95. The summed E-state index contributed by atoms with van der Waals surface area (Å²) in [5, 5.41) is 16.5. The monoisotopic (exact) mass is 321 g/mol. The molecule has 122 valence electrons. The Balaban J connectivity index is 1.88. The van der Waals surface area contributed by atoms with Gasteiger partial charge in [0.15, 0.2) is 0 Å². The van der Waals surface area contributed by atoms with Crippen molar-refractivity contribution in [1.82, 2.24) is 5.01 Å². The van der Waals surface area contributed by atoms with Crippen molar-refractivity contribution in [3.63, 3.8) is 0 Å². The van der Waals surface area contributed by atoms with Crippen LogP contribution in [0.1, 0.15) is 36.4 Å². The minimum atomic E-state index is -1.23. The highest BCUT2D eigenvalue weighted by Crippen LogP contribution is 2.33. The zero-order valence-corrected chi connectivity index (χ0v) is 13.1. The van der Waals surface area contributed by atoms with Crippen LogP contribution in [0.25, 0.3) is 0 Å². The minimum Gasteiger partial charge on any atom is -0.550 e. The number of benzene rings is 2. The number of carbonyl (C=O) groups is 2. The quantitative estimate of drug-likeness (QED) is 0.844. The molecular weight excluding hydrogens is 304 g/mol. The Morgan fingerprint density at radius 3 is 2.25 bits per heavy atom. The van der Waals surface area contributed by atoms with Gasteiger partial charge in [0.25, 0.3) is 0 Å². The van der Waals surface area contributed by atoms with Gasteiger partial charge < -0.3 is 9.90 Å². The highest BCUT2D eigenvalue weighted by atomic mass is 16.4. The van der Waals surface area contributed by atoms with Gasteiger partial charge in [0.05, 0.1) is 11.8 Å². The van der Waals surface area contributed by atoms with E-state index in [-0.39, 0.29) is 24.8 Å². The molecule has 0 N–H and O–H groups in total. The van der Waals surface area contributed by atoms with Gasteiger partial charge >= 0.3 is 0 Å². The van der Waals surface area contributed by atoms with Crippen molar-refractivity contribution in [2.75, 3.05) is 0 Å². The van der Waals surface area contributed by atoms with Crippen LogP contribution >= 0.6 is 0 Å². The molecule has 5 heteroatoms. The van der Waals surface area contributed by atoms with Crippen molar-refractivity contribution in [3.8, 4) is 0 Å². The van der Waals surface area contributed by atoms with Crippen LogP contribution in [0.15, 0.2) is 65.8 Å². The maximum Gasteiger partial charge on any atom is 0.243 e. The van der Waals surface area contributed by atoms with Gasteiger partial charge in [-0.05, 0) is 17.5 Å². The third-order valence-corrected chi connectivity index (χ3v) is 4.00. The predicted octanol–water partition coefficient (Wildman–Crippen LogP) is 1.89. The van der Waals surface area contributed by atoms with Crippen LogP contribution in [0.5, 0.6) is 0 Å². The number of nitrogens with zero attached hydrogens (tertiary/aromatic N) is 2. The third-order valence-electron chi connectivity index (χ3n) is 4.00. The van der Waals surface area contributed by atoms with Gasteiger partial charge in [0.1, 0.15) is 0 Å². The lowest BCUT2D eigenvalue weighted by Gasteiger charge is -2.22. The number of hydrazone groups is 1. The molecular formula is C19H17N2O3-. The van der Waals surface area contributed by atoms with Crippen LogP contribution in [0.2, 0.25) is 0 Å². The summed E-state index contributed by atoms with van der Waals surface area (Å²) in [4.78, 5) is 23.1. The largest absolute Gasteiger partial charge is 0.550 e. The number of amides is 1. The molecule has 2 aromatic carbocycles. The molecule has 0 spiro atoms. The molecule has 0 bridgehead atoms. The first-order valence-electron chi connectivity index (χ1n) is 7.85. The topological polar surface area (TPSA) is 72.8 Å². The fourth-order valence-corrected chi connectivity index (χ4v) is 2.80. The average molecular weight is 321 g/mol. The fraction of sp³-hybridized carbons (Fsp3) is 0.211. The van der Waals surface area contributed by atoms with Gasteiger partial charge in [-0.2, -0.15) is 5.10 Å². The summed E-state index contributed by atoms with van der Waals surface area (Å²) >= 11 is 0. The van der Waals surface area contributed by atoms with Crippen molar-refractivity contribution in [2.24, 2.45) is 5.10 Å². The smallest absolute Gasteiger partial charge is 0.243 e. The van der Waals surface area contributed by atoms with E-state index in [2.05, 4.69) is 5.10 Å². The normalized spacial score (nSPS) is 16.8. The van der Waals surface area contributed by atoms with E-state index in [9.17, 15) is 14.7 Å². The van der Waals surface area contributed by atoms with Crippen LogP contribution in [-0.2, 0) is 9.59 Å². The first-order valence-corrected chi connectivity index (χ1v) is 7.85. The molecule has 0 fully saturated rings. The molecule has 5 nitrogen and oxygen atoms in total. The first kappa shape index (κ1) is 15.9. The van der Waals surface area contributed by atoms with Gasteiger partial charge in [0, 0.05) is 18.8 Å².